The molecule has 0 amide bonds. The number of aryl methyl sites for hydroxylation is 2. The maximum absolute atomic E-state index is 5.78. The van der Waals surface area contributed by atoms with Gasteiger partial charge in [0.15, 0.2) is 0 Å². The zero-order chi connectivity index (χ0) is 25.8. The maximum atomic E-state index is 5.78. The van der Waals surface area contributed by atoms with Gasteiger partial charge in [0.1, 0.15) is 0 Å². The number of allylic oxidation sites excluding steroid dienone is 3. The second kappa shape index (κ2) is 11.3. The quantitative estimate of drug-likeness (QED) is 0.497. The molecule has 37 heavy (non-hydrogen) atoms. The summed E-state index contributed by atoms with van der Waals surface area (Å²) in [5.41, 5.74) is 10.2. The molecule has 4 nitrogen and oxygen atoms in total. The molecule has 5 rings (SSSR count). The molecule has 2 saturated heterocycles. The monoisotopic (exact) mass is 492 g/mol. The molecule has 1 aliphatic carbocycles. The number of anilines is 1. The molecule has 0 unspecified atom stereocenters. The van der Waals surface area contributed by atoms with Crippen LogP contribution in [0.3, 0.4) is 0 Å². The summed E-state index contributed by atoms with van der Waals surface area (Å²) in [6.07, 6.45) is 12.4. The Kier molecular flexibility index (Phi) is 7.72. The van der Waals surface area contributed by atoms with Crippen molar-refractivity contribution in [1.82, 2.24) is 14.7 Å². The van der Waals surface area contributed by atoms with Gasteiger partial charge in [0.2, 0.25) is 0 Å². The highest BCUT2D eigenvalue weighted by molar-refractivity contribution is 5.66. The van der Waals surface area contributed by atoms with Gasteiger partial charge in [-0.1, -0.05) is 48.9 Å². The first-order valence-electron chi connectivity index (χ1n) is 13.7. The van der Waals surface area contributed by atoms with E-state index in [4.69, 9.17) is 6.42 Å². The molecule has 0 aromatic heterocycles. The summed E-state index contributed by atoms with van der Waals surface area (Å²) in [4.78, 5) is 10.0. The van der Waals surface area contributed by atoms with Gasteiger partial charge < -0.3 is 14.7 Å². The minimum absolute atomic E-state index is 0.970. The van der Waals surface area contributed by atoms with Crippen LogP contribution < -0.4 is 4.90 Å². The van der Waals surface area contributed by atoms with E-state index in [1.165, 1.54) is 33.6 Å². The Morgan fingerprint density at radius 1 is 0.838 bits per heavy atom. The molecule has 4 heteroatoms. The fraction of sp³-hybridized carbons (Fsp3) is 0.394. The van der Waals surface area contributed by atoms with Crippen LogP contribution in [-0.4, -0.2) is 67.1 Å². The largest absolute Gasteiger partial charge is 0.369 e. The lowest BCUT2D eigenvalue weighted by atomic mass is 9.96. The van der Waals surface area contributed by atoms with E-state index in [2.05, 4.69) is 101 Å². The van der Waals surface area contributed by atoms with Crippen molar-refractivity contribution < 1.29 is 0 Å². The van der Waals surface area contributed by atoms with Gasteiger partial charge in [-0.25, -0.2) is 0 Å². The van der Waals surface area contributed by atoms with Crippen LogP contribution in [0.1, 0.15) is 35.1 Å². The fourth-order valence-corrected chi connectivity index (χ4v) is 5.90. The van der Waals surface area contributed by atoms with Crippen LogP contribution in [0, 0.1) is 26.2 Å². The lowest BCUT2D eigenvalue weighted by Crippen LogP contribution is -2.46. The molecule has 0 spiro atoms. The number of hydrogen-bond acceptors (Lipinski definition) is 4. The summed E-state index contributed by atoms with van der Waals surface area (Å²) in [7, 11) is 0. The van der Waals surface area contributed by atoms with E-state index < -0.39 is 0 Å². The number of benzene rings is 2. The minimum Gasteiger partial charge on any atom is -0.369 e. The van der Waals surface area contributed by atoms with Crippen molar-refractivity contribution in [3.63, 3.8) is 0 Å². The maximum Gasteiger partial charge on any atom is 0.0482 e. The number of piperazine rings is 2. The van der Waals surface area contributed by atoms with Crippen LogP contribution in [0.4, 0.5) is 5.69 Å². The van der Waals surface area contributed by atoms with E-state index in [0.717, 1.165) is 83.0 Å². The standard InChI is InChI=1S/C33H40N4/c1-5-29-11-9-10-14-33(29)37-21-19-35(20-22-37)28(4)32-24-30(26(2)23-27(32)3)25-34-15-17-36(18-16-34)31-12-7-6-8-13-31/h1,6-8,11-14,23-24H,4,9-10,15-22,25H2,2-3H3. The first-order chi connectivity index (χ1) is 18.0. The van der Waals surface area contributed by atoms with E-state index in [9.17, 15) is 0 Å². The zero-order valence-electron chi connectivity index (χ0n) is 22.5. The second-order valence-corrected chi connectivity index (χ2v) is 10.5. The molecule has 0 N–H and O–H groups in total. The van der Waals surface area contributed by atoms with E-state index in [1.54, 1.807) is 0 Å². The van der Waals surface area contributed by atoms with Crippen molar-refractivity contribution in [3.05, 3.63) is 94.7 Å². The zero-order valence-corrected chi connectivity index (χ0v) is 22.5. The van der Waals surface area contributed by atoms with Gasteiger partial charge in [-0.05, 0) is 61.6 Å². The summed E-state index contributed by atoms with van der Waals surface area (Å²) in [6.45, 7) is 18.3. The Morgan fingerprint density at radius 2 is 1.51 bits per heavy atom. The molecular formula is C33H40N4. The van der Waals surface area contributed by atoms with Crippen LogP contribution in [0.2, 0.25) is 0 Å². The normalized spacial score (nSPS) is 18.8. The molecule has 2 heterocycles. The van der Waals surface area contributed by atoms with Gasteiger partial charge in [-0.2, -0.15) is 0 Å². The van der Waals surface area contributed by atoms with E-state index in [-0.39, 0.29) is 0 Å². The molecule has 3 aliphatic rings. The van der Waals surface area contributed by atoms with Crippen molar-refractivity contribution >= 4 is 11.4 Å². The van der Waals surface area contributed by atoms with Crippen LogP contribution in [-0.2, 0) is 6.54 Å². The Balaban J connectivity index is 1.21. The van der Waals surface area contributed by atoms with Crippen molar-refractivity contribution in [2.75, 3.05) is 57.3 Å². The second-order valence-electron chi connectivity index (χ2n) is 10.5. The van der Waals surface area contributed by atoms with Gasteiger partial charge in [-0.3, -0.25) is 4.90 Å². The molecule has 192 valence electrons. The highest BCUT2D eigenvalue weighted by Gasteiger charge is 2.24. The topological polar surface area (TPSA) is 13.0 Å². The summed E-state index contributed by atoms with van der Waals surface area (Å²) >= 11 is 0. The van der Waals surface area contributed by atoms with E-state index in [0.29, 0.717) is 0 Å². The Labute approximate surface area is 223 Å². The first kappa shape index (κ1) is 25.2. The Bertz CT molecular complexity index is 1220. The third kappa shape index (κ3) is 5.63. The average molecular weight is 493 g/mol. The molecule has 2 aromatic carbocycles. The van der Waals surface area contributed by atoms with Crippen LogP contribution >= 0.6 is 0 Å². The molecule has 0 atom stereocenters. The van der Waals surface area contributed by atoms with Gasteiger partial charge in [-0.15, -0.1) is 6.42 Å². The summed E-state index contributed by atoms with van der Waals surface area (Å²) in [5, 5.41) is 0. The lowest BCUT2D eigenvalue weighted by molar-refractivity contribution is 0.216. The fourth-order valence-electron chi connectivity index (χ4n) is 5.90. The first-order valence-corrected chi connectivity index (χ1v) is 13.7. The highest BCUT2D eigenvalue weighted by atomic mass is 15.3. The number of hydrogen-bond donors (Lipinski definition) is 0. The number of terminal acetylenes is 1. The van der Waals surface area contributed by atoms with E-state index in [1.807, 2.05) is 0 Å². The van der Waals surface area contributed by atoms with Crippen molar-refractivity contribution in [2.45, 2.75) is 33.2 Å². The average Bonchev–Trinajstić information content (AvgIpc) is 2.95. The number of para-hydroxylation sites is 1. The number of nitrogens with zero attached hydrogens (tertiary/aromatic N) is 4. The molecule has 0 saturated carbocycles. The van der Waals surface area contributed by atoms with Crippen molar-refractivity contribution in [1.29, 1.82) is 0 Å². The Hall–Kier alpha value is -3.42. The molecule has 2 fully saturated rings. The predicted octanol–water partition coefficient (Wildman–Crippen LogP) is 5.45. The summed E-state index contributed by atoms with van der Waals surface area (Å²) in [5.74, 6) is 2.89. The highest BCUT2D eigenvalue weighted by Crippen LogP contribution is 2.29. The smallest absolute Gasteiger partial charge is 0.0482 e. The van der Waals surface area contributed by atoms with E-state index >= 15 is 0 Å². The Morgan fingerprint density at radius 3 is 2.22 bits per heavy atom. The number of rotatable bonds is 6. The molecule has 0 bridgehead atoms. The van der Waals surface area contributed by atoms with Crippen molar-refractivity contribution in [2.24, 2.45) is 0 Å². The molecular weight excluding hydrogens is 452 g/mol. The molecule has 2 aliphatic heterocycles. The van der Waals surface area contributed by atoms with Gasteiger partial charge in [0.05, 0.1) is 0 Å². The third-order valence-electron chi connectivity index (χ3n) is 8.17. The summed E-state index contributed by atoms with van der Waals surface area (Å²) in [6, 6.07) is 15.5. The SMILES string of the molecule is C#CC1=CCCC=C1N1CCN(C(=C)c2cc(CN3CCN(c4ccccc4)CC3)c(C)cc2C)CC1. The van der Waals surface area contributed by atoms with Crippen LogP contribution in [0.5, 0.6) is 0 Å². The predicted molar refractivity (Wildman–Crippen MR) is 156 cm³/mol. The van der Waals surface area contributed by atoms with Gasteiger partial charge in [0.25, 0.3) is 0 Å². The summed E-state index contributed by atoms with van der Waals surface area (Å²) < 4.78 is 0. The molecule has 2 aromatic rings. The van der Waals surface area contributed by atoms with Crippen molar-refractivity contribution in [3.8, 4) is 12.3 Å². The third-order valence-corrected chi connectivity index (χ3v) is 8.17. The van der Waals surface area contributed by atoms with Crippen LogP contribution in [0.15, 0.2) is 72.5 Å². The van der Waals surface area contributed by atoms with Crippen LogP contribution in [0.25, 0.3) is 5.70 Å². The molecule has 0 radical (unpaired) electrons. The van der Waals surface area contributed by atoms with Gasteiger partial charge in [0, 0.05) is 87.1 Å². The van der Waals surface area contributed by atoms with Gasteiger partial charge >= 0.3 is 0 Å². The lowest BCUT2D eigenvalue weighted by Gasteiger charge is -2.40. The minimum atomic E-state index is 0.970.